The summed E-state index contributed by atoms with van der Waals surface area (Å²) in [6.07, 6.45) is 1.10. The number of para-hydroxylation sites is 1. The first-order valence-corrected chi connectivity index (χ1v) is 6.61. The van der Waals surface area contributed by atoms with E-state index >= 15 is 0 Å². The van der Waals surface area contributed by atoms with E-state index < -0.39 is 11.9 Å². The van der Waals surface area contributed by atoms with Crippen molar-refractivity contribution in [3.63, 3.8) is 0 Å². The molecule has 0 bridgehead atoms. The van der Waals surface area contributed by atoms with Crippen molar-refractivity contribution in [1.82, 2.24) is 0 Å². The molecule has 0 saturated heterocycles. The Labute approximate surface area is 120 Å². The van der Waals surface area contributed by atoms with Gasteiger partial charge in [0, 0.05) is 17.4 Å². The first kappa shape index (κ1) is 13.2. The predicted molar refractivity (Wildman–Crippen MR) is 76.3 cm³/mol. The number of halogens is 2. The number of furan rings is 1. The molecule has 0 fully saturated rings. The molecule has 2 aromatic carbocycles. The number of rotatable bonds is 3. The molecule has 1 N–H and O–H groups in total. The number of benzene rings is 2. The van der Waals surface area contributed by atoms with Gasteiger partial charge in [-0.2, -0.15) is 0 Å². The molecule has 0 aliphatic heterocycles. The summed E-state index contributed by atoms with van der Waals surface area (Å²) in [6, 6.07) is 12.0. The van der Waals surface area contributed by atoms with E-state index in [-0.39, 0.29) is 5.02 Å². The maximum absolute atomic E-state index is 13.4. The van der Waals surface area contributed by atoms with Crippen molar-refractivity contribution in [3.05, 3.63) is 70.7 Å². The van der Waals surface area contributed by atoms with Gasteiger partial charge in [-0.05, 0) is 23.8 Å². The molecule has 1 aromatic heterocycles. The average molecular weight is 291 g/mol. The Kier molecular flexibility index (Phi) is 3.47. The van der Waals surface area contributed by atoms with E-state index in [0.717, 1.165) is 11.0 Å². The van der Waals surface area contributed by atoms with Gasteiger partial charge in [-0.15, -0.1) is 0 Å². The molecule has 20 heavy (non-hydrogen) atoms. The minimum absolute atomic E-state index is 0.0806. The molecular weight excluding hydrogens is 279 g/mol. The van der Waals surface area contributed by atoms with Gasteiger partial charge in [0.2, 0.25) is 0 Å². The van der Waals surface area contributed by atoms with Crippen molar-refractivity contribution < 1.29 is 13.9 Å². The largest absolute Gasteiger partial charge is 0.464 e. The maximum Gasteiger partial charge on any atom is 0.142 e. The van der Waals surface area contributed by atoms with Crippen LogP contribution in [-0.4, -0.2) is 5.11 Å². The zero-order chi connectivity index (χ0) is 14.1. The summed E-state index contributed by atoms with van der Waals surface area (Å²) in [7, 11) is 0. The normalized spacial score (nSPS) is 12.8. The fourth-order valence-corrected chi connectivity index (χ4v) is 2.37. The summed E-state index contributed by atoms with van der Waals surface area (Å²) in [4.78, 5) is 0. The standard InChI is InChI=1S/C16H12ClFO2/c17-13-6-5-10(7-14(13)18)8-15(19)12-9-20-16-4-2-1-3-11(12)16/h1-7,9,15,19H,8H2. The molecule has 0 saturated carbocycles. The summed E-state index contributed by atoms with van der Waals surface area (Å²) in [5.41, 5.74) is 2.12. The maximum atomic E-state index is 13.4. The topological polar surface area (TPSA) is 33.4 Å². The lowest BCUT2D eigenvalue weighted by atomic mass is 10.0. The molecule has 0 amide bonds. The van der Waals surface area contributed by atoms with Gasteiger partial charge >= 0.3 is 0 Å². The summed E-state index contributed by atoms with van der Waals surface area (Å²) in [5.74, 6) is -0.478. The molecule has 102 valence electrons. The van der Waals surface area contributed by atoms with Crippen molar-refractivity contribution in [3.8, 4) is 0 Å². The van der Waals surface area contributed by atoms with Crippen molar-refractivity contribution in [2.45, 2.75) is 12.5 Å². The molecule has 1 unspecified atom stereocenters. The minimum Gasteiger partial charge on any atom is -0.464 e. The van der Waals surface area contributed by atoms with Crippen LogP contribution in [0.2, 0.25) is 5.02 Å². The zero-order valence-corrected chi connectivity index (χ0v) is 11.3. The molecule has 0 radical (unpaired) electrons. The quantitative estimate of drug-likeness (QED) is 0.770. The van der Waals surface area contributed by atoms with Crippen LogP contribution in [0.25, 0.3) is 11.0 Å². The van der Waals surface area contributed by atoms with Crippen molar-refractivity contribution in [1.29, 1.82) is 0 Å². The van der Waals surface area contributed by atoms with Gasteiger partial charge in [0.05, 0.1) is 17.4 Å². The second kappa shape index (κ2) is 5.27. The van der Waals surface area contributed by atoms with Gasteiger partial charge in [0.1, 0.15) is 11.4 Å². The van der Waals surface area contributed by atoms with Crippen molar-refractivity contribution >= 4 is 22.6 Å². The molecule has 4 heteroatoms. The molecular formula is C16H12ClFO2. The van der Waals surface area contributed by atoms with Gasteiger partial charge in [0.15, 0.2) is 0 Å². The molecule has 2 nitrogen and oxygen atoms in total. The third-order valence-corrected chi connectivity index (χ3v) is 3.59. The highest BCUT2D eigenvalue weighted by atomic mass is 35.5. The van der Waals surface area contributed by atoms with Crippen molar-refractivity contribution in [2.75, 3.05) is 0 Å². The van der Waals surface area contributed by atoms with Crippen LogP contribution in [0.5, 0.6) is 0 Å². The minimum atomic E-state index is -0.751. The first-order chi connectivity index (χ1) is 9.65. The Bertz CT molecular complexity index is 751. The van der Waals surface area contributed by atoms with E-state index in [9.17, 15) is 9.50 Å². The zero-order valence-electron chi connectivity index (χ0n) is 10.5. The van der Waals surface area contributed by atoms with Crippen LogP contribution in [0.3, 0.4) is 0 Å². The fraction of sp³-hybridized carbons (Fsp3) is 0.125. The third kappa shape index (κ3) is 2.42. The predicted octanol–water partition coefficient (Wildman–Crippen LogP) is 4.50. The number of aliphatic hydroxyl groups excluding tert-OH is 1. The Balaban J connectivity index is 1.89. The highest BCUT2D eigenvalue weighted by molar-refractivity contribution is 6.30. The summed E-state index contributed by atoms with van der Waals surface area (Å²) in [6.45, 7) is 0. The molecule has 1 heterocycles. The van der Waals surface area contributed by atoms with E-state index in [0.29, 0.717) is 17.5 Å². The Hall–Kier alpha value is -1.84. The first-order valence-electron chi connectivity index (χ1n) is 6.23. The van der Waals surface area contributed by atoms with Gasteiger partial charge in [0.25, 0.3) is 0 Å². The van der Waals surface area contributed by atoms with Gasteiger partial charge < -0.3 is 9.52 Å². The molecule has 3 rings (SSSR count). The molecule has 1 atom stereocenters. The second-order valence-corrected chi connectivity index (χ2v) is 5.06. The van der Waals surface area contributed by atoms with Crippen LogP contribution >= 0.6 is 11.6 Å². The van der Waals surface area contributed by atoms with Crippen LogP contribution in [-0.2, 0) is 6.42 Å². The molecule has 0 aliphatic rings. The summed E-state index contributed by atoms with van der Waals surface area (Å²) < 4.78 is 18.8. The highest BCUT2D eigenvalue weighted by Crippen LogP contribution is 2.29. The Morgan fingerprint density at radius 1 is 1.20 bits per heavy atom. The van der Waals surface area contributed by atoms with Crippen LogP contribution < -0.4 is 0 Å². The molecule has 0 spiro atoms. The Morgan fingerprint density at radius 2 is 2.00 bits per heavy atom. The van der Waals surface area contributed by atoms with Crippen LogP contribution in [0, 0.1) is 5.82 Å². The second-order valence-electron chi connectivity index (χ2n) is 4.66. The van der Waals surface area contributed by atoms with Crippen LogP contribution in [0.4, 0.5) is 4.39 Å². The smallest absolute Gasteiger partial charge is 0.142 e. The Morgan fingerprint density at radius 3 is 2.80 bits per heavy atom. The number of hydrogen-bond acceptors (Lipinski definition) is 2. The summed E-state index contributed by atoms with van der Waals surface area (Å²) in [5, 5.41) is 11.3. The highest BCUT2D eigenvalue weighted by Gasteiger charge is 2.15. The third-order valence-electron chi connectivity index (χ3n) is 3.28. The van der Waals surface area contributed by atoms with Crippen LogP contribution in [0.15, 0.2) is 53.1 Å². The molecule has 0 aliphatic carbocycles. The van der Waals surface area contributed by atoms with Gasteiger partial charge in [-0.1, -0.05) is 35.9 Å². The van der Waals surface area contributed by atoms with Crippen LogP contribution in [0.1, 0.15) is 17.2 Å². The summed E-state index contributed by atoms with van der Waals surface area (Å²) >= 11 is 5.64. The van der Waals surface area contributed by atoms with Gasteiger partial charge in [-0.3, -0.25) is 0 Å². The number of fused-ring (bicyclic) bond motifs is 1. The number of aliphatic hydroxyl groups is 1. The van der Waals surface area contributed by atoms with E-state index in [1.165, 1.54) is 12.1 Å². The van der Waals surface area contributed by atoms with E-state index in [1.807, 2.05) is 24.3 Å². The van der Waals surface area contributed by atoms with E-state index in [4.69, 9.17) is 16.0 Å². The molecule has 3 aromatic rings. The SMILES string of the molecule is OC(Cc1ccc(Cl)c(F)c1)c1coc2ccccc12. The van der Waals surface area contributed by atoms with Gasteiger partial charge in [-0.25, -0.2) is 4.39 Å². The van der Waals surface area contributed by atoms with Crippen molar-refractivity contribution in [2.24, 2.45) is 0 Å². The lowest BCUT2D eigenvalue weighted by molar-refractivity contribution is 0.178. The lowest BCUT2D eigenvalue weighted by Crippen LogP contribution is -2.01. The number of hydrogen-bond donors (Lipinski definition) is 1. The van der Waals surface area contributed by atoms with E-state index in [1.54, 1.807) is 12.3 Å². The fourth-order valence-electron chi connectivity index (χ4n) is 2.26. The van der Waals surface area contributed by atoms with E-state index in [2.05, 4.69) is 0 Å². The monoisotopic (exact) mass is 290 g/mol. The average Bonchev–Trinajstić information content (AvgIpc) is 2.87. The lowest BCUT2D eigenvalue weighted by Gasteiger charge is -2.09.